The molecular weight excluding hydrogens is 1010 g/mol. The second-order valence-corrected chi connectivity index (χ2v) is 22.8. The Hall–Kier alpha value is -4.37. The van der Waals surface area contributed by atoms with Crippen LogP contribution in [-0.2, 0) is 32.7 Å². The van der Waals surface area contributed by atoms with Gasteiger partial charge in [0.05, 0.1) is 27.7 Å². The fraction of sp³-hybridized carbons (Fsp3) is 0.600. The van der Waals surface area contributed by atoms with E-state index in [4.69, 9.17) is 18.5 Å². The Morgan fingerprint density at radius 1 is 0.388 bits per heavy atom. The first kappa shape index (κ1) is 75.6. The highest BCUT2D eigenvalue weighted by Gasteiger charge is 2.27. The zero-order chi connectivity index (χ0) is 58.4. The van der Waals surface area contributed by atoms with Crippen molar-refractivity contribution in [3.05, 3.63) is 158 Å². The molecule has 0 bridgehead atoms. The van der Waals surface area contributed by atoms with Gasteiger partial charge >= 0.3 is 19.8 Å². The maximum atomic E-state index is 12.8. The van der Waals surface area contributed by atoms with E-state index in [0.717, 1.165) is 141 Å². The normalized spacial score (nSPS) is 14.3. The summed E-state index contributed by atoms with van der Waals surface area (Å²) < 4.78 is 34.6. The fourth-order valence-corrected chi connectivity index (χ4v) is 8.56. The fourth-order valence-electron chi connectivity index (χ4n) is 7.82. The first-order chi connectivity index (χ1) is 39.0. The van der Waals surface area contributed by atoms with Gasteiger partial charge in [-0.1, -0.05) is 242 Å². The number of likely N-dealkylation sites (N-methyl/N-ethyl adjacent to an activating group) is 1. The molecule has 0 aliphatic heterocycles. The summed E-state index contributed by atoms with van der Waals surface area (Å²) in [7, 11) is 1.44. The monoisotopic (exact) mass is 1130 g/mol. The van der Waals surface area contributed by atoms with E-state index in [-0.39, 0.29) is 32.0 Å². The number of hydrogen-bond donors (Lipinski definition) is 1. The lowest BCUT2D eigenvalue weighted by Crippen LogP contribution is -2.37. The number of rotatable bonds is 55. The van der Waals surface area contributed by atoms with Crippen LogP contribution in [0.4, 0.5) is 0 Å². The quantitative estimate of drug-likeness (QED) is 0.0211. The standard InChI is InChI=1S/C70H114NO8P/c1-6-8-10-12-14-16-18-20-22-24-26-28-30-31-32-33-34-35-36-37-38-39-41-43-45-47-49-51-53-55-57-59-61-63-70(73)79-68(67-78-80(74,75)77-65-64-71(3,4)5)66-76-69(72)62-60-58-56-54-52-50-48-46-44-42-40-29-27-25-23-21-19-17-15-13-11-9-7-2/h8-11,14-17,20-23,26-29,31-32,34-35,37-38,41-44,68H,6-7,12-13,18-19,24-25,30,33,36,39-40,45-67H2,1-5H3/p+1/b10-8-,11-9-,16-14-,17-15-,22-20-,23-21-,28-26-,29-27-,32-31-,35-34-,38-37-,43-41-,44-42-. The third-order valence-electron chi connectivity index (χ3n) is 12.6. The van der Waals surface area contributed by atoms with Crippen LogP contribution < -0.4 is 0 Å². The SMILES string of the molecule is CC/C=C\C/C=C\C/C=C\C/C=C\C/C=C\C/C=C\C/C=C\C/C=C\CCCCCCCCCCC(=O)OC(COC(=O)CCCCCCCCC/C=C\C/C=C\C/C=C\C/C=C\C/C=C\CC)COP(=O)(O)OCC[N+](C)(C)C. The summed E-state index contributed by atoms with van der Waals surface area (Å²) in [5.41, 5.74) is 0. The van der Waals surface area contributed by atoms with Crippen molar-refractivity contribution < 1.29 is 42.1 Å². The largest absolute Gasteiger partial charge is 0.472 e. The molecule has 0 saturated carbocycles. The van der Waals surface area contributed by atoms with Gasteiger partial charge in [0.2, 0.25) is 0 Å². The van der Waals surface area contributed by atoms with Crippen molar-refractivity contribution in [1.29, 1.82) is 0 Å². The highest BCUT2D eigenvalue weighted by molar-refractivity contribution is 7.47. The molecule has 0 aromatic rings. The summed E-state index contributed by atoms with van der Waals surface area (Å²) in [4.78, 5) is 35.8. The van der Waals surface area contributed by atoms with E-state index in [1.54, 1.807) is 0 Å². The Balaban J connectivity index is 4.22. The molecule has 0 aromatic carbocycles. The Bertz CT molecular complexity index is 1900. The van der Waals surface area contributed by atoms with E-state index in [1.807, 2.05) is 21.1 Å². The zero-order valence-corrected chi connectivity index (χ0v) is 52.1. The van der Waals surface area contributed by atoms with Gasteiger partial charge < -0.3 is 18.9 Å². The predicted octanol–water partition coefficient (Wildman–Crippen LogP) is 20.0. The second kappa shape index (κ2) is 59.3. The zero-order valence-electron chi connectivity index (χ0n) is 51.2. The van der Waals surface area contributed by atoms with Crippen LogP contribution in [0.1, 0.15) is 219 Å². The van der Waals surface area contributed by atoms with E-state index in [1.165, 1.54) is 44.9 Å². The summed E-state index contributed by atoms with van der Waals surface area (Å²) >= 11 is 0. The molecule has 0 heterocycles. The van der Waals surface area contributed by atoms with E-state index in [0.29, 0.717) is 17.4 Å². The lowest BCUT2D eigenvalue weighted by atomic mass is 10.1. The van der Waals surface area contributed by atoms with E-state index >= 15 is 0 Å². The Labute approximate surface area is 490 Å². The first-order valence-electron chi connectivity index (χ1n) is 31.2. The molecule has 2 atom stereocenters. The molecule has 1 N–H and O–H groups in total. The summed E-state index contributed by atoms with van der Waals surface area (Å²) in [6, 6.07) is 0. The molecule has 0 fully saturated rings. The van der Waals surface area contributed by atoms with Crippen LogP contribution in [0.15, 0.2) is 158 Å². The molecule has 0 aliphatic carbocycles. The van der Waals surface area contributed by atoms with Crippen molar-refractivity contribution in [2.75, 3.05) is 47.5 Å². The molecule has 10 heteroatoms. The molecular formula is C70H115NO8P+. The van der Waals surface area contributed by atoms with Gasteiger partial charge in [0.15, 0.2) is 6.10 Å². The summed E-state index contributed by atoms with van der Waals surface area (Å²) in [6.45, 7) is 4.16. The second-order valence-electron chi connectivity index (χ2n) is 21.3. The van der Waals surface area contributed by atoms with Gasteiger partial charge in [0.1, 0.15) is 19.8 Å². The minimum atomic E-state index is -4.41. The van der Waals surface area contributed by atoms with Gasteiger partial charge in [-0.05, 0) is 122 Å². The number of esters is 2. The molecule has 0 aromatic heterocycles. The number of carbonyl (C=O) groups excluding carboxylic acids is 2. The molecule has 0 spiro atoms. The van der Waals surface area contributed by atoms with Crippen molar-refractivity contribution in [1.82, 2.24) is 0 Å². The third-order valence-corrected chi connectivity index (χ3v) is 13.5. The number of allylic oxidation sites excluding steroid dienone is 26. The van der Waals surface area contributed by atoms with Gasteiger partial charge in [-0.25, -0.2) is 4.57 Å². The molecule has 0 rings (SSSR count). The smallest absolute Gasteiger partial charge is 0.462 e. The minimum absolute atomic E-state index is 0.0188. The Morgan fingerprint density at radius 3 is 1.00 bits per heavy atom. The number of quaternary nitrogens is 1. The first-order valence-corrected chi connectivity index (χ1v) is 32.7. The van der Waals surface area contributed by atoms with Crippen LogP contribution in [0.5, 0.6) is 0 Å². The lowest BCUT2D eigenvalue weighted by molar-refractivity contribution is -0.870. The maximum absolute atomic E-state index is 12.8. The summed E-state index contributed by atoms with van der Waals surface area (Å²) in [5.74, 6) is -0.831. The van der Waals surface area contributed by atoms with E-state index < -0.39 is 26.5 Å². The highest BCUT2D eigenvalue weighted by Crippen LogP contribution is 2.43. The highest BCUT2D eigenvalue weighted by atomic mass is 31.2. The lowest BCUT2D eigenvalue weighted by Gasteiger charge is -2.24. The van der Waals surface area contributed by atoms with Crippen molar-refractivity contribution in [3.8, 4) is 0 Å². The number of carbonyl (C=O) groups is 2. The third kappa shape index (κ3) is 62.8. The van der Waals surface area contributed by atoms with Gasteiger partial charge in [-0.2, -0.15) is 0 Å². The summed E-state index contributed by atoms with van der Waals surface area (Å²) in [5, 5.41) is 0. The average molecular weight is 1130 g/mol. The van der Waals surface area contributed by atoms with Gasteiger partial charge in [0.25, 0.3) is 0 Å². The van der Waals surface area contributed by atoms with Crippen molar-refractivity contribution >= 4 is 19.8 Å². The number of hydrogen-bond acceptors (Lipinski definition) is 7. The van der Waals surface area contributed by atoms with Crippen LogP contribution in [0.2, 0.25) is 0 Å². The average Bonchev–Trinajstić information content (AvgIpc) is 3.42. The van der Waals surface area contributed by atoms with Crippen molar-refractivity contribution in [2.24, 2.45) is 0 Å². The molecule has 0 amide bonds. The molecule has 0 saturated heterocycles. The maximum Gasteiger partial charge on any atom is 0.472 e. The Morgan fingerprint density at radius 2 is 0.675 bits per heavy atom. The molecule has 2 unspecified atom stereocenters. The molecule has 0 radical (unpaired) electrons. The number of phosphoric acid groups is 1. The topological polar surface area (TPSA) is 108 Å². The van der Waals surface area contributed by atoms with Crippen molar-refractivity contribution in [3.63, 3.8) is 0 Å². The van der Waals surface area contributed by atoms with Crippen LogP contribution in [0, 0.1) is 0 Å². The Kier molecular flexibility index (Phi) is 56.0. The molecule has 80 heavy (non-hydrogen) atoms. The summed E-state index contributed by atoms with van der Waals surface area (Å²) in [6.07, 6.45) is 88.8. The van der Waals surface area contributed by atoms with Gasteiger partial charge in [-0.3, -0.25) is 18.6 Å². The van der Waals surface area contributed by atoms with Crippen molar-refractivity contribution in [2.45, 2.75) is 225 Å². The molecule has 452 valence electrons. The minimum Gasteiger partial charge on any atom is -0.462 e. The van der Waals surface area contributed by atoms with Crippen LogP contribution >= 0.6 is 7.82 Å². The van der Waals surface area contributed by atoms with Crippen LogP contribution in [0.25, 0.3) is 0 Å². The van der Waals surface area contributed by atoms with E-state index in [9.17, 15) is 19.0 Å². The number of unbranched alkanes of at least 4 members (excludes halogenated alkanes) is 15. The molecule has 0 aliphatic rings. The van der Waals surface area contributed by atoms with Gasteiger partial charge in [-0.15, -0.1) is 0 Å². The van der Waals surface area contributed by atoms with Crippen LogP contribution in [0.3, 0.4) is 0 Å². The number of ether oxygens (including phenoxy) is 2. The van der Waals surface area contributed by atoms with Gasteiger partial charge in [0, 0.05) is 12.8 Å². The molecule has 9 nitrogen and oxygen atoms in total. The van der Waals surface area contributed by atoms with E-state index in [2.05, 4.69) is 172 Å². The number of nitrogens with zero attached hydrogens (tertiary/aromatic N) is 1. The van der Waals surface area contributed by atoms with Crippen LogP contribution in [-0.4, -0.2) is 74.9 Å². The predicted molar refractivity (Wildman–Crippen MR) is 343 cm³/mol. The number of phosphoric ester groups is 1.